The highest BCUT2D eigenvalue weighted by atomic mass is 32.1. The summed E-state index contributed by atoms with van der Waals surface area (Å²) in [5.74, 6) is -71.3. The fourth-order valence-electron chi connectivity index (χ4n) is 7.68. The fourth-order valence-corrected chi connectivity index (χ4v) is 8.57. The van der Waals surface area contributed by atoms with Gasteiger partial charge in [0.1, 0.15) is 57.4 Å². The van der Waals surface area contributed by atoms with Crippen molar-refractivity contribution in [2.24, 2.45) is 0 Å². The number of hydrogen-bond donors (Lipinski definition) is 0. The maximum atomic E-state index is 15.4. The summed E-state index contributed by atoms with van der Waals surface area (Å²) in [5.41, 5.74) is -8.30. The summed E-state index contributed by atoms with van der Waals surface area (Å²) < 4.78 is 297. The number of carbonyl (C=O) groups excluding carboxylic acids is 1. The number of thiazole rings is 1. The van der Waals surface area contributed by atoms with Gasteiger partial charge in [-0.2, -0.15) is 4.57 Å². The lowest BCUT2D eigenvalue weighted by atomic mass is 9.12. The molecule has 356 valence electrons. The average Bonchev–Trinajstić information content (AvgIpc) is 3.76. The molecule has 0 saturated carbocycles. The van der Waals surface area contributed by atoms with E-state index in [0.29, 0.717) is 0 Å². The minimum absolute atomic E-state index is 0.0655. The molecule has 0 radical (unpaired) electrons. The van der Waals surface area contributed by atoms with Gasteiger partial charge < -0.3 is 0 Å². The Balaban J connectivity index is 0.000000244. The van der Waals surface area contributed by atoms with Crippen LogP contribution in [-0.4, -0.2) is 11.9 Å². The van der Waals surface area contributed by atoms with Crippen molar-refractivity contribution < 1.29 is 97.2 Å². The van der Waals surface area contributed by atoms with Crippen molar-refractivity contribution in [3.63, 3.8) is 0 Å². The van der Waals surface area contributed by atoms with Gasteiger partial charge in [0.2, 0.25) is 11.0 Å². The molecule has 8 aromatic rings. The number of ketones is 1. The zero-order valence-electron chi connectivity index (χ0n) is 33.2. The smallest absolute Gasteiger partial charge is 0.226 e. The summed E-state index contributed by atoms with van der Waals surface area (Å²) in [6.07, 6.45) is -7.22. The Morgan fingerprint density at radius 3 is 1.00 bits per heavy atom. The molecule has 0 amide bonds. The first-order valence-electron chi connectivity index (χ1n) is 18.8. The first kappa shape index (κ1) is 49.7. The molecule has 0 saturated heterocycles. The van der Waals surface area contributed by atoms with Crippen LogP contribution in [0.25, 0.3) is 10.2 Å². The molecular weight excluding hydrogens is 993 g/mol. The Morgan fingerprint density at radius 2 is 0.652 bits per heavy atom. The van der Waals surface area contributed by atoms with Crippen LogP contribution in [0.5, 0.6) is 0 Å². The second kappa shape index (κ2) is 18.7. The zero-order chi connectivity index (χ0) is 50.7. The van der Waals surface area contributed by atoms with Gasteiger partial charge in [0.25, 0.3) is 0 Å². The van der Waals surface area contributed by atoms with Crippen LogP contribution in [0.2, 0.25) is 0 Å². The van der Waals surface area contributed by atoms with E-state index in [4.69, 9.17) is 0 Å². The number of hydrogen-bond acceptors (Lipinski definition) is 2. The van der Waals surface area contributed by atoms with Crippen molar-refractivity contribution in [1.82, 2.24) is 0 Å². The van der Waals surface area contributed by atoms with E-state index in [0.717, 1.165) is 17.7 Å². The Morgan fingerprint density at radius 1 is 0.362 bits per heavy atom. The van der Waals surface area contributed by atoms with Crippen LogP contribution in [0.15, 0.2) is 84.4 Å². The third-order valence-electron chi connectivity index (χ3n) is 10.8. The highest BCUT2D eigenvalue weighted by molar-refractivity contribution is 7.20. The van der Waals surface area contributed by atoms with Crippen LogP contribution in [0, 0.1) is 116 Å². The van der Waals surface area contributed by atoms with Crippen LogP contribution >= 0.6 is 11.3 Å². The number of halogens is 20. The summed E-state index contributed by atoms with van der Waals surface area (Å²) >= 11 is 1.75. The predicted octanol–water partition coefficient (Wildman–Crippen LogP) is 10.3. The van der Waals surface area contributed by atoms with Crippen molar-refractivity contribution in [3.8, 4) is 0 Å². The van der Waals surface area contributed by atoms with Crippen molar-refractivity contribution in [2.45, 2.75) is 6.54 Å². The highest BCUT2D eigenvalue weighted by Gasteiger charge is 2.52. The largest absolute Gasteiger partial charge is 0.289 e. The third kappa shape index (κ3) is 7.92. The number of fused-ring (bicyclic) bond motifs is 1. The maximum absolute atomic E-state index is 15.4. The number of para-hydroxylation sites is 1. The average molecular weight is 1010 g/mol. The molecule has 7 aromatic carbocycles. The van der Waals surface area contributed by atoms with Crippen molar-refractivity contribution in [2.75, 3.05) is 0 Å². The van der Waals surface area contributed by atoms with Gasteiger partial charge in [-0.15, -0.1) is 21.9 Å². The maximum Gasteiger partial charge on any atom is 0.226 e. The molecule has 0 spiro atoms. The van der Waals surface area contributed by atoms with Crippen molar-refractivity contribution >= 4 is 55.3 Å². The molecule has 1 aromatic heterocycles. The van der Waals surface area contributed by atoms with Crippen LogP contribution in [-0.2, 0) is 6.54 Å². The van der Waals surface area contributed by atoms with E-state index in [-0.39, 0.29) is 5.78 Å². The molecule has 24 heteroatoms. The molecule has 0 bridgehead atoms. The van der Waals surface area contributed by atoms with Crippen LogP contribution in [0.4, 0.5) is 87.8 Å². The number of aromatic nitrogens is 1. The van der Waals surface area contributed by atoms with Gasteiger partial charge in [-0.25, -0.2) is 87.8 Å². The normalized spacial score (nSPS) is 11.6. The van der Waals surface area contributed by atoms with E-state index in [1.165, 1.54) is 15.8 Å². The minimum Gasteiger partial charge on any atom is -0.289 e. The lowest BCUT2D eigenvalue weighted by Crippen LogP contribution is -2.81. The summed E-state index contributed by atoms with van der Waals surface area (Å²) in [6, 6.07) is 25.7. The van der Waals surface area contributed by atoms with Gasteiger partial charge in [0, 0.05) is 22.8 Å². The minimum atomic E-state index is -7.22. The van der Waals surface area contributed by atoms with Crippen LogP contribution < -0.4 is 26.4 Å². The Kier molecular flexibility index (Phi) is 13.5. The number of carbonyl (C=O) groups is 1. The molecule has 8 rings (SSSR count). The Labute approximate surface area is 375 Å². The first-order chi connectivity index (χ1) is 32.5. The molecule has 0 fully saturated rings. The van der Waals surface area contributed by atoms with Crippen molar-refractivity contribution in [1.29, 1.82) is 0 Å². The van der Waals surface area contributed by atoms with E-state index in [1.807, 2.05) is 54.6 Å². The quantitative estimate of drug-likeness (QED) is 0.0371. The van der Waals surface area contributed by atoms with Gasteiger partial charge in [-0.05, 0) is 6.07 Å². The second-order valence-corrected chi connectivity index (χ2v) is 15.4. The molecular formula is C45H16BF20NOS. The molecule has 2 nitrogen and oxygen atoms in total. The van der Waals surface area contributed by atoms with Crippen LogP contribution in [0.3, 0.4) is 0 Å². The zero-order valence-corrected chi connectivity index (χ0v) is 34.0. The van der Waals surface area contributed by atoms with Gasteiger partial charge in [-0.3, -0.25) is 4.79 Å². The molecule has 1 heterocycles. The fraction of sp³-hybridized carbons (Fsp3) is 0.0222. The Bertz CT molecular complexity index is 3000. The molecule has 0 N–H and O–H groups in total. The van der Waals surface area contributed by atoms with Gasteiger partial charge in [-0.1, -0.05) is 78.1 Å². The van der Waals surface area contributed by atoms with Crippen molar-refractivity contribution in [3.05, 3.63) is 217 Å². The van der Waals surface area contributed by atoms with E-state index >= 15 is 35.1 Å². The monoisotopic (exact) mass is 1010 g/mol. The van der Waals surface area contributed by atoms with E-state index in [1.54, 1.807) is 11.3 Å². The van der Waals surface area contributed by atoms with E-state index in [2.05, 4.69) is 34.3 Å². The second-order valence-electron chi connectivity index (χ2n) is 14.5. The molecule has 0 unspecified atom stereocenters. The van der Waals surface area contributed by atoms with Crippen LogP contribution in [0.1, 0.15) is 21.5 Å². The molecule has 0 aliphatic heterocycles. The standard InChI is InChI=1S/C24BF20.C21H16NOS/c26-5-1(6(27)14(35)21(42)13(5)34)25(2-7(28)15(36)22(43)16(37)8(2)29,3-9(30)17(38)23(44)18(39)10(3)31)4-11(32)19(40)24(45)20(41)12(4)33;23-21(17-6-2-1-3-7-17)18-12-10-16(11-13-18)14-22-15-24-20-9-5-4-8-19(20)22/h;1-13,15H,14H2/q-1;+1. The molecule has 0 atom stereocenters. The summed E-state index contributed by atoms with van der Waals surface area (Å²) in [5, 5.41) is 0. The van der Waals surface area contributed by atoms with E-state index < -0.39 is 144 Å². The predicted molar refractivity (Wildman–Crippen MR) is 207 cm³/mol. The summed E-state index contributed by atoms with van der Waals surface area (Å²) in [7, 11) is 0. The highest BCUT2D eigenvalue weighted by Crippen LogP contribution is 2.31. The molecule has 0 aliphatic rings. The topological polar surface area (TPSA) is 20.9 Å². The number of benzene rings is 7. The molecule has 69 heavy (non-hydrogen) atoms. The number of rotatable bonds is 8. The van der Waals surface area contributed by atoms with Gasteiger partial charge in [0.05, 0.1) is 0 Å². The van der Waals surface area contributed by atoms with Gasteiger partial charge >= 0.3 is 0 Å². The Hall–Kier alpha value is -7.24. The SMILES string of the molecule is Fc1c(F)c(F)c([B-](c2c(F)c(F)c(F)c(F)c2F)(c2c(F)c(F)c(F)c(F)c2F)c2c(F)c(F)c(F)c(F)c2F)c(F)c1F.O=C(c1ccccc1)c1ccc(C[n+]2csc3ccccc32)cc1. The van der Waals surface area contributed by atoms with E-state index in [9.17, 15) is 57.5 Å². The summed E-state index contributed by atoms with van der Waals surface area (Å²) in [6.45, 7) is 0.809. The van der Waals surface area contributed by atoms with Gasteiger partial charge in [0.15, 0.2) is 82.1 Å². The lowest BCUT2D eigenvalue weighted by Gasteiger charge is -2.44. The summed E-state index contributed by atoms with van der Waals surface area (Å²) in [4.78, 5) is 12.4. The third-order valence-corrected chi connectivity index (χ3v) is 11.8. The molecule has 0 aliphatic carbocycles. The lowest BCUT2D eigenvalue weighted by molar-refractivity contribution is -0.658. The first-order valence-corrected chi connectivity index (χ1v) is 19.7. The number of nitrogens with zero attached hydrogens (tertiary/aromatic N) is 1.